The van der Waals surface area contributed by atoms with Crippen molar-refractivity contribution >= 4 is 28.8 Å². The van der Waals surface area contributed by atoms with E-state index in [0.29, 0.717) is 11.5 Å². The number of urea groups is 1. The van der Waals surface area contributed by atoms with Crippen molar-refractivity contribution in [1.82, 2.24) is 15.2 Å². The van der Waals surface area contributed by atoms with E-state index in [9.17, 15) is 14.4 Å². The van der Waals surface area contributed by atoms with Crippen LogP contribution in [0, 0.1) is 11.3 Å². The van der Waals surface area contributed by atoms with Crippen molar-refractivity contribution < 1.29 is 19.1 Å². The summed E-state index contributed by atoms with van der Waals surface area (Å²) in [5, 5.41) is 3.42. The second kappa shape index (κ2) is 7.87. The predicted octanol–water partition coefficient (Wildman–Crippen LogP) is 3.87. The van der Waals surface area contributed by atoms with Crippen LogP contribution in [0.1, 0.15) is 62.7 Å². The third-order valence-corrected chi connectivity index (χ3v) is 6.68. The number of nitrogens with one attached hydrogen (secondary N) is 1. The van der Waals surface area contributed by atoms with Gasteiger partial charge in [-0.15, -0.1) is 0 Å². The monoisotopic (exact) mass is 437 g/mol. The summed E-state index contributed by atoms with van der Waals surface area (Å²) in [5.41, 5.74) is 2.47. The Bertz CT molecular complexity index is 1100. The van der Waals surface area contributed by atoms with Crippen molar-refractivity contribution in [3.63, 3.8) is 0 Å². The molecule has 1 aliphatic heterocycles. The molecule has 7 nitrogen and oxygen atoms in total. The molecule has 0 radical (unpaired) electrons. The molecule has 1 aromatic heterocycles. The topological polar surface area (TPSA) is 88.6 Å². The van der Waals surface area contributed by atoms with Crippen LogP contribution in [-0.4, -0.2) is 46.5 Å². The number of benzene rings is 1. The van der Waals surface area contributed by atoms with Crippen molar-refractivity contribution in [2.24, 2.45) is 11.3 Å². The van der Waals surface area contributed by atoms with Crippen LogP contribution >= 0.6 is 0 Å². The number of nitrogens with zero attached hydrogens (tertiary/aromatic N) is 2. The molecule has 32 heavy (non-hydrogen) atoms. The number of aryl methyl sites for hydroxylation is 1. The number of rotatable bonds is 4. The number of pyridine rings is 1. The molecule has 0 unspecified atom stereocenters. The van der Waals surface area contributed by atoms with Gasteiger partial charge in [-0.2, -0.15) is 0 Å². The molecule has 170 valence electrons. The van der Waals surface area contributed by atoms with Gasteiger partial charge in [0.15, 0.2) is 0 Å². The van der Waals surface area contributed by atoms with Crippen LogP contribution < -0.4 is 5.32 Å². The number of hydrogen-bond donors (Lipinski definition) is 1. The number of amides is 3. The fourth-order valence-electron chi connectivity index (χ4n) is 4.68. The Morgan fingerprint density at radius 3 is 2.62 bits per heavy atom. The van der Waals surface area contributed by atoms with E-state index >= 15 is 0 Å². The van der Waals surface area contributed by atoms with Gasteiger partial charge in [-0.1, -0.05) is 39.0 Å². The van der Waals surface area contributed by atoms with Crippen molar-refractivity contribution in [3.05, 3.63) is 41.1 Å². The number of para-hydroxylation sites is 1. The van der Waals surface area contributed by atoms with Crippen molar-refractivity contribution in [2.75, 3.05) is 13.2 Å². The molecule has 1 atom stereocenters. The van der Waals surface area contributed by atoms with Gasteiger partial charge in [0.05, 0.1) is 17.6 Å². The van der Waals surface area contributed by atoms with Gasteiger partial charge in [0.2, 0.25) is 0 Å². The highest BCUT2D eigenvalue weighted by atomic mass is 16.5. The summed E-state index contributed by atoms with van der Waals surface area (Å²) < 4.78 is 5.61. The molecule has 2 heterocycles. The molecule has 2 aromatic rings. The SMILES string of the molecule is CC1(C)NC(=O)N(CCOC(=O)c2c3c(nc4ccccc24)CC[C@@H](C(C)(C)C)C3)C1=O. The Morgan fingerprint density at radius 1 is 1.25 bits per heavy atom. The Balaban J connectivity index is 1.60. The second-order valence-corrected chi connectivity index (χ2v) is 10.4. The minimum Gasteiger partial charge on any atom is -0.460 e. The second-order valence-electron chi connectivity index (χ2n) is 10.4. The molecular formula is C25H31N3O4. The zero-order chi connectivity index (χ0) is 23.3. The van der Waals surface area contributed by atoms with E-state index in [1.807, 2.05) is 24.3 Å². The highest BCUT2D eigenvalue weighted by Crippen LogP contribution is 2.39. The first kappa shape index (κ1) is 22.2. The maximum Gasteiger partial charge on any atom is 0.339 e. The lowest BCUT2D eigenvalue weighted by molar-refractivity contribution is -0.130. The van der Waals surface area contributed by atoms with Gasteiger partial charge in [-0.3, -0.25) is 14.7 Å². The normalized spacial score (nSPS) is 20.3. The summed E-state index contributed by atoms with van der Waals surface area (Å²) >= 11 is 0. The number of ether oxygens (including phenoxy) is 1. The van der Waals surface area contributed by atoms with Gasteiger partial charge in [0, 0.05) is 11.1 Å². The molecule has 0 spiro atoms. The fraction of sp³-hybridized carbons (Fsp3) is 0.520. The van der Waals surface area contributed by atoms with Crippen LogP contribution in [0.5, 0.6) is 0 Å². The third kappa shape index (κ3) is 3.96. The lowest BCUT2D eigenvalue weighted by Gasteiger charge is -2.35. The summed E-state index contributed by atoms with van der Waals surface area (Å²) in [5.74, 6) is -0.309. The predicted molar refractivity (Wildman–Crippen MR) is 121 cm³/mol. The minimum atomic E-state index is -0.941. The summed E-state index contributed by atoms with van der Waals surface area (Å²) in [4.78, 5) is 43.7. The van der Waals surface area contributed by atoms with E-state index in [2.05, 4.69) is 26.1 Å². The Morgan fingerprint density at radius 2 is 1.97 bits per heavy atom. The minimum absolute atomic E-state index is 0.0235. The summed E-state index contributed by atoms with van der Waals surface area (Å²) in [6.45, 7) is 9.97. The van der Waals surface area contributed by atoms with Crippen molar-refractivity contribution in [2.45, 2.75) is 59.4 Å². The summed E-state index contributed by atoms with van der Waals surface area (Å²) in [6, 6.07) is 7.16. The van der Waals surface area contributed by atoms with Gasteiger partial charge in [-0.25, -0.2) is 9.59 Å². The Kier molecular flexibility index (Phi) is 5.47. The van der Waals surface area contributed by atoms with Crippen LogP contribution in [0.2, 0.25) is 0 Å². The number of aromatic nitrogens is 1. The number of carbonyl (C=O) groups is 3. The van der Waals surface area contributed by atoms with Crippen LogP contribution in [-0.2, 0) is 22.4 Å². The summed E-state index contributed by atoms with van der Waals surface area (Å²) in [7, 11) is 0. The number of fused-ring (bicyclic) bond motifs is 2. The lowest BCUT2D eigenvalue weighted by atomic mass is 9.70. The van der Waals surface area contributed by atoms with E-state index in [4.69, 9.17) is 9.72 Å². The number of hydrogen-bond acceptors (Lipinski definition) is 5. The highest BCUT2D eigenvalue weighted by Gasteiger charge is 2.44. The maximum atomic E-state index is 13.3. The first-order valence-corrected chi connectivity index (χ1v) is 11.2. The quantitative estimate of drug-likeness (QED) is 0.579. The van der Waals surface area contributed by atoms with Crippen LogP contribution in [0.4, 0.5) is 4.79 Å². The molecule has 1 fully saturated rings. The fourth-order valence-corrected chi connectivity index (χ4v) is 4.68. The van der Waals surface area contributed by atoms with Gasteiger partial charge in [0.1, 0.15) is 12.1 Å². The van der Waals surface area contributed by atoms with Crippen LogP contribution in [0.15, 0.2) is 24.3 Å². The first-order valence-electron chi connectivity index (χ1n) is 11.2. The van der Waals surface area contributed by atoms with Gasteiger partial charge >= 0.3 is 12.0 Å². The van der Waals surface area contributed by atoms with Crippen molar-refractivity contribution in [1.29, 1.82) is 0 Å². The number of esters is 1. The maximum absolute atomic E-state index is 13.3. The molecule has 1 N–H and O–H groups in total. The highest BCUT2D eigenvalue weighted by molar-refractivity contribution is 6.07. The van der Waals surface area contributed by atoms with E-state index in [0.717, 1.165) is 46.3 Å². The smallest absolute Gasteiger partial charge is 0.339 e. The van der Waals surface area contributed by atoms with E-state index in [1.165, 1.54) is 0 Å². The zero-order valence-electron chi connectivity index (χ0n) is 19.4. The number of imide groups is 1. The molecule has 0 bridgehead atoms. The van der Waals surface area contributed by atoms with Gasteiger partial charge in [0.25, 0.3) is 5.91 Å². The average molecular weight is 438 g/mol. The molecule has 2 aliphatic rings. The third-order valence-electron chi connectivity index (χ3n) is 6.68. The van der Waals surface area contributed by atoms with Crippen LogP contribution in [0.25, 0.3) is 10.9 Å². The molecule has 3 amide bonds. The Hall–Kier alpha value is -2.96. The summed E-state index contributed by atoms with van der Waals surface area (Å²) in [6.07, 6.45) is 2.65. The largest absolute Gasteiger partial charge is 0.460 e. The van der Waals surface area contributed by atoms with Crippen LogP contribution in [0.3, 0.4) is 0 Å². The molecule has 1 aromatic carbocycles. The van der Waals surface area contributed by atoms with Gasteiger partial charge < -0.3 is 10.1 Å². The first-order chi connectivity index (χ1) is 15.0. The molecule has 7 heteroatoms. The molecular weight excluding hydrogens is 406 g/mol. The van der Waals surface area contributed by atoms with E-state index in [-0.39, 0.29) is 24.5 Å². The van der Waals surface area contributed by atoms with Gasteiger partial charge in [-0.05, 0) is 56.1 Å². The standard InChI is InChI=1S/C25H31N3O4/c1-24(2,3)15-10-11-19-17(14-15)20(16-8-6-7-9-18(16)26-19)21(29)32-13-12-28-22(30)25(4,5)27-23(28)31/h6-9,15H,10-14H2,1-5H3,(H,27,31)/t15-/m1/s1. The molecule has 1 aliphatic carbocycles. The molecule has 1 saturated heterocycles. The Labute approximate surface area is 188 Å². The number of carbonyl (C=O) groups excluding carboxylic acids is 3. The lowest BCUT2D eigenvalue weighted by Crippen LogP contribution is -2.40. The van der Waals surface area contributed by atoms with Crippen molar-refractivity contribution in [3.8, 4) is 0 Å². The average Bonchev–Trinajstić information content (AvgIpc) is 2.92. The zero-order valence-corrected chi connectivity index (χ0v) is 19.4. The molecule has 0 saturated carbocycles. The van der Waals surface area contributed by atoms with E-state index < -0.39 is 17.5 Å². The van der Waals surface area contributed by atoms with E-state index in [1.54, 1.807) is 13.8 Å². The molecule has 4 rings (SSSR count).